The number of allylic oxidation sites excluding steroid dienone is 1. The van der Waals surface area contributed by atoms with E-state index >= 15 is 0 Å². The third-order valence-electron chi connectivity index (χ3n) is 7.96. The van der Waals surface area contributed by atoms with Crippen molar-refractivity contribution in [1.82, 2.24) is 0 Å². The van der Waals surface area contributed by atoms with Crippen LogP contribution in [0.3, 0.4) is 0 Å². The van der Waals surface area contributed by atoms with Gasteiger partial charge in [-0.15, -0.1) is 0 Å². The number of rotatable bonds is 0. The summed E-state index contributed by atoms with van der Waals surface area (Å²) in [6.45, 7) is 4.89. The number of carbonyl (C=O) groups excluding carboxylic acids is 1. The molecule has 22 heavy (non-hydrogen) atoms. The second kappa shape index (κ2) is 4.70. The summed E-state index contributed by atoms with van der Waals surface area (Å²) >= 11 is 0. The Morgan fingerprint density at radius 2 is 2.00 bits per heavy atom. The fraction of sp³-hybridized carbons (Fsp3) is 0.800. The fourth-order valence-corrected chi connectivity index (χ4v) is 6.75. The number of carbonyl (C=O) groups is 1. The van der Waals surface area contributed by atoms with E-state index < -0.39 is 5.92 Å². The Hall–Kier alpha value is -1.10. The van der Waals surface area contributed by atoms with Crippen LogP contribution >= 0.6 is 0 Å². The van der Waals surface area contributed by atoms with Crippen molar-refractivity contribution in [2.24, 2.45) is 34.5 Å². The first-order valence-electron chi connectivity index (χ1n) is 9.12. The van der Waals surface area contributed by atoms with Crippen LogP contribution in [0.4, 0.5) is 0 Å². The lowest BCUT2D eigenvalue weighted by Crippen LogP contribution is -2.50. The summed E-state index contributed by atoms with van der Waals surface area (Å²) in [6, 6.07) is 2.27. The van der Waals surface area contributed by atoms with E-state index in [0.29, 0.717) is 11.3 Å². The second-order valence-corrected chi connectivity index (χ2v) is 8.88. The molecule has 0 amide bonds. The van der Waals surface area contributed by atoms with Gasteiger partial charge in [-0.2, -0.15) is 5.26 Å². The normalized spacial score (nSPS) is 50.4. The number of ketones is 1. The standard InChI is InChI=1S/C20H27NO/c1-19-8-3-4-16(19)15-6-5-14-10-18(22)13(12-21)11-20(14,2)17(15)7-9-19/h10,13,15-17H,3-9,11H2,1-2H3/t13?,15-,16-,17-,19-,20-/m0/s1. The second-order valence-electron chi connectivity index (χ2n) is 8.88. The van der Waals surface area contributed by atoms with E-state index in [9.17, 15) is 10.1 Å². The zero-order chi connectivity index (χ0) is 15.5. The van der Waals surface area contributed by atoms with Gasteiger partial charge < -0.3 is 0 Å². The Kier molecular flexibility index (Phi) is 3.09. The molecule has 0 bridgehead atoms. The quantitative estimate of drug-likeness (QED) is 0.652. The molecule has 1 unspecified atom stereocenters. The summed E-state index contributed by atoms with van der Waals surface area (Å²) in [5.41, 5.74) is 2.06. The molecule has 0 aliphatic heterocycles. The van der Waals surface area contributed by atoms with E-state index in [2.05, 4.69) is 19.9 Å². The summed E-state index contributed by atoms with van der Waals surface area (Å²) in [5, 5.41) is 9.35. The zero-order valence-corrected chi connectivity index (χ0v) is 13.9. The molecule has 6 atom stereocenters. The maximum atomic E-state index is 12.1. The van der Waals surface area contributed by atoms with Gasteiger partial charge in [-0.25, -0.2) is 0 Å². The molecule has 4 aliphatic carbocycles. The Morgan fingerprint density at radius 3 is 2.77 bits per heavy atom. The molecule has 0 spiro atoms. The maximum Gasteiger partial charge on any atom is 0.172 e. The minimum atomic E-state index is -0.399. The third-order valence-corrected chi connectivity index (χ3v) is 7.96. The van der Waals surface area contributed by atoms with E-state index in [1.807, 2.05) is 6.08 Å². The lowest BCUT2D eigenvalue weighted by Gasteiger charge is -2.57. The number of nitriles is 1. The number of nitrogens with zero attached hydrogens (tertiary/aromatic N) is 1. The molecule has 0 saturated heterocycles. The van der Waals surface area contributed by atoms with Gasteiger partial charge in [0.1, 0.15) is 5.92 Å². The van der Waals surface area contributed by atoms with Gasteiger partial charge in [0.25, 0.3) is 0 Å². The van der Waals surface area contributed by atoms with Crippen molar-refractivity contribution >= 4 is 5.78 Å². The molecule has 0 radical (unpaired) electrons. The first kappa shape index (κ1) is 14.5. The maximum absolute atomic E-state index is 12.1. The van der Waals surface area contributed by atoms with Crippen molar-refractivity contribution in [3.8, 4) is 6.07 Å². The summed E-state index contributed by atoms with van der Waals surface area (Å²) in [7, 11) is 0. The van der Waals surface area contributed by atoms with E-state index in [0.717, 1.165) is 24.7 Å². The average molecular weight is 297 g/mol. The number of hydrogen-bond donors (Lipinski definition) is 0. The first-order valence-corrected chi connectivity index (χ1v) is 9.12. The molecular weight excluding hydrogens is 270 g/mol. The molecule has 2 nitrogen and oxygen atoms in total. The van der Waals surface area contributed by atoms with Crippen LogP contribution in [0.5, 0.6) is 0 Å². The molecule has 0 heterocycles. The van der Waals surface area contributed by atoms with Gasteiger partial charge in [-0.05, 0) is 79.6 Å². The Bertz CT molecular complexity index is 585. The van der Waals surface area contributed by atoms with Gasteiger partial charge in [-0.3, -0.25) is 4.79 Å². The van der Waals surface area contributed by atoms with E-state index in [4.69, 9.17) is 0 Å². The molecule has 2 heteroatoms. The van der Waals surface area contributed by atoms with Gasteiger partial charge in [0.2, 0.25) is 0 Å². The highest BCUT2D eigenvalue weighted by Crippen LogP contribution is 2.65. The van der Waals surface area contributed by atoms with Crippen LogP contribution in [0.15, 0.2) is 11.6 Å². The minimum Gasteiger partial charge on any atom is -0.293 e. The summed E-state index contributed by atoms with van der Waals surface area (Å²) in [5.74, 6) is 2.09. The highest BCUT2D eigenvalue weighted by molar-refractivity contribution is 5.95. The van der Waals surface area contributed by atoms with Gasteiger partial charge in [0.15, 0.2) is 5.78 Å². The molecule has 4 aliphatic rings. The van der Waals surface area contributed by atoms with E-state index in [1.54, 1.807) is 0 Å². The van der Waals surface area contributed by atoms with Crippen LogP contribution in [0.1, 0.15) is 65.2 Å². The molecule has 0 aromatic heterocycles. The SMILES string of the molecule is C[C@@]12CCC[C@H]1[C@@H]1CCC3=CC(=O)C(C#N)C[C@]3(C)[C@H]1CC2. The lowest BCUT2D eigenvalue weighted by atomic mass is 9.47. The van der Waals surface area contributed by atoms with Crippen molar-refractivity contribution in [3.63, 3.8) is 0 Å². The molecular formula is C20H27NO. The highest BCUT2D eigenvalue weighted by atomic mass is 16.1. The monoisotopic (exact) mass is 297 g/mol. The molecule has 0 aromatic rings. The molecule has 0 N–H and O–H groups in total. The first-order chi connectivity index (χ1) is 10.5. The van der Waals surface area contributed by atoms with Crippen molar-refractivity contribution < 1.29 is 4.79 Å². The molecule has 3 saturated carbocycles. The smallest absolute Gasteiger partial charge is 0.172 e. The number of fused-ring (bicyclic) bond motifs is 5. The number of hydrogen-bond acceptors (Lipinski definition) is 2. The largest absolute Gasteiger partial charge is 0.293 e. The zero-order valence-electron chi connectivity index (χ0n) is 13.9. The van der Waals surface area contributed by atoms with Crippen molar-refractivity contribution in [2.75, 3.05) is 0 Å². The lowest BCUT2D eigenvalue weighted by molar-refractivity contribution is -0.120. The highest BCUT2D eigenvalue weighted by Gasteiger charge is 2.57. The van der Waals surface area contributed by atoms with Crippen LogP contribution in [-0.2, 0) is 4.79 Å². The van der Waals surface area contributed by atoms with E-state index in [-0.39, 0.29) is 11.2 Å². The molecule has 118 valence electrons. The Labute approximate surface area is 134 Å². The van der Waals surface area contributed by atoms with Gasteiger partial charge in [-0.1, -0.05) is 25.8 Å². The summed E-state index contributed by atoms with van der Waals surface area (Å²) < 4.78 is 0. The van der Waals surface area contributed by atoms with Crippen LogP contribution in [0.2, 0.25) is 0 Å². The predicted octanol–water partition coefficient (Wildman–Crippen LogP) is 4.66. The van der Waals surface area contributed by atoms with Crippen molar-refractivity contribution in [2.45, 2.75) is 65.2 Å². The third kappa shape index (κ3) is 1.81. The van der Waals surface area contributed by atoms with Crippen molar-refractivity contribution in [3.05, 3.63) is 11.6 Å². The Balaban J connectivity index is 1.71. The summed E-state index contributed by atoms with van der Waals surface area (Å²) in [6.07, 6.45) is 11.9. The molecule has 3 fully saturated rings. The summed E-state index contributed by atoms with van der Waals surface area (Å²) in [4.78, 5) is 12.1. The van der Waals surface area contributed by atoms with Crippen molar-refractivity contribution in [1.29, 1.82) is 5.26 Å². The fourth-order valence-electron chi connectivity index (χ4n) is 6.75. The van der Waals surface area contributed by atoms with Crippen LogP contribution < -0.4 is 0 Å². The van der Waals surface area contributed by atoms with E-state index in [1.165, 1.54) is 44.1 Å². The molecule has 0 aromatic carbocycles. The minimum absolute atomic E-state index is 0.0648. The Morgan fingerprint density at radius 1 is 1.18 bits per heavy atom. The molecule has 4 rings (SSSR count). The average Bonchev–Trinajstić information content (AvgIpc) is 2.89. The van der Waals surface area contributed by atoms with Gasteiger partial charge >= 0.3 is 0 Å². The van der Waals surface area contributed by atoms with Crippen LogP contribution in [0.25, 0.3) is 0 Å². The van der Waals surface area contributed by atoms with Crippen LogP contribution in [0, 0.1) is 45.8 Å². The predicted molar refractivity (Wildman–Crippen MR) is 85.8 cm³/mol. The topological polar surface area (TPSA) is 40.9 Å². The van der Waals surface area contributed by atoms with Gasteiger partial charge in [0.05, 0.1) is 6.07 Å². The van der Waals surface area contributed by atoms with Gasteiger partial charge in [0, 0.05) is 0 Å². The van der Waals surface area contributed by atoms with Crippen LogP contribution in [-0.4, -0.2) is 5.78 Å².